The first-order valence-corrected chi connectivity index (χ1v) is 12.6. The lowest BCUT2D eigenvalue weighted by molar-refractivity contribution is 0.136. The minimum atomic E-state index is 0.905. The van der Waals surface area contributed by atoms with E-state index in [4.69, 9.17) is 4.99 Å². The van der Waals surface area contributed by atoms with Crippen molar-refractivity contribution in [1.29, 1.82) is 0 Å². The Morgan fingerprint density at radius 1 is 0.967 bits per heavy atom. The molecule has 0 aliphatic carbocycles. The Kier molecular flexibility index (Phi) is 9.61. The number of nitrogens with one attached hydrogen (secondary N) is 1. The van der Waals surface area contributed by atoms with Gasteiger partial charge in [0.1, 0.15) is 5.82 Å². The number of piperazine rings is 2. The van der Waals surface area contributed by atoms with E-state index >= 15 is 0 Å². The summed E-state index contributed by atoms with van der Waals surface area (Å²) in [5.41, 5.74) is 0. The van der Waals surface area contributed by atoms with Crippen LogP contribution in [0.25, 0.3) is 0 Å². The Morgan fingerprint density at radius 3 is 2.33 bits per heavy atom. The second-order valence-corrected chi connectivity index (χ2v) is 8.77. The third kappa shape index (κ3) is 6.78. The van der Waals surface area contributed by atoms with Crippen molar-refractivity contribution >= 4 is 22.6 Å². The van der Waals surface area contributed by atoms with Gasteiger partial charge in [0, 0.05) is 83.4 Å². The molecule has 3 rings (SSSR count). The molecule has 0 spiro atoms. The van der Waals surface area contributed by atoms with Crippen LogP contribution in [0.3, 0.4) is 0 Å². The highest BCUT2D eigenvalue weighted by Crippen LogP contribution is 2.19. The van der Waals surface area contributed by atoms with Crippen molar-refractivity contribution in [2.75, 3.05) is 83.4 Å². The first-order chi connectivity index (χ1) is 14.7. The number of anilines is 1. The van der Waals surface area contributed by atoms with Crippen LogP contribution in [0.5, 0.6) is 0 Å². The quantitative estimate of drug-likeness (QED) is 0.358. The maximum Gasteiger partial charge on any atom is 0.205 e. The number of hydrogen-bond donors (Lipinski definition) is 1. The van der Waals surface area contributed by atoms with Crippen LogP contribution < -0.4 is 10.2 Å². The standard InChI is InChI=1S/C21H40N8S/c1-4-19-24-21(30-25-19)29-17-15-28(16-18-29)20(22-5-2)23-9-7-8-10-27-13-11-26(6-3)12-14-27/h4-18H2,1-3H3,(H,22,23). The van der Waals surface area contributed by atoms with Crippen LogP contribution in [0.15, 0.2) is 4.99 Å². The van der Waals surface area contributed by atoms with Crippen LogP contribution in [0.2, 0.25) is 0 Å². The summed E-state index contributed by atoms with van der Waals surface area (Å²) in [6.07, 6.45) is 3.30. The van der Waals surface area contributed by atoms with Gasteiger partial charge in [0.15, 0.2) is 5.96 Å². The third-order valence-electron chi connectivity index (χ3n) is 6.01. The summed E-state index contributed by atoms with van der Waals surface area (Å²) >= 11 is 1.53. The first kappa shape index (κ1) is 23.2. The number of unbranched alkanes of at least 4 members (excludes halogenated alkanes) is 1. The number of aliphatic imine (C=N–C) groups is 1. The molecular formula is C21H40N8S. The monoisotopic (exact) mass is 436 g/mol. The lowest BCUT2D eigenvalue weighted by Gasteiger charge is -2.36. The van der Waals surface area contributed by atoms with E-state index in [2.05, 4.69) is 55.0 Å². The van der Waals surface area contributed by atoms with Gasteiger partial charge in [-0.05, 0) is 32.9 Å². The molecule has 0 aromatic carbocycles. The Bertz CT molecular complexity index is 633. The van der Waals surface area contributed by atoms with Gasteiger partial charge in [0.05, 0.1) is 0 Å². The van der Waals surface area contributed by atoms with E-state index in [1.165, 1.54) is 57.2 Å². The average Bonchev–Trinajstić information content (AvgIpc) is 3.28. The molecule has 0 bridgehead atoms. The number of hydrogen-bond acceptors (Lipinski definition) is 7. The molecule has 3 heterocycles. The second kappa shape index (κ2) is 12.4. The molecule has 2 aliphatic heterocycles. The predicted molar refractivity (Wildman–Crippen MR) is 127 cm³/mol. The minimum Gasteiger partial charge on any atom is -0.357 e. The molecule has 0 atom stereocenters. The molecule has 9 heteroatoms. The van der Waals surface area contributed by atoms with Crippen LogP contribution in [-0.4, -0.2) is 109 Å². The van der Waals surface area contributed by atoms with Gasteiger partial charge in [0.2, 0.25) is 5.13 Å². The van der Waals surface area contributed by atoms with Gasteiger partial charge in [-0.2, -0.15) is 4.37 Å². The third-order valence-corrected chi connectivity index (χ3v) is 6.83. The van der Waals surface area contributed by atoms with Crippen LogP contribution in [-0.2, 0) is 6.42 Å². The van der Waals surface area contributed by atoms with Crippen LogP contribution in [0.4, 0.5) is 5.13 Å². The van der Waals surface area contributed by atoms with E-state index in [1.807, 2.05) is 0 Å². The summed E-state index contributed by atoms with van der Waals surface area (Å²) in [5, 5.41) is 4.55. The topological polar surface area (TPSA) is 63.1 Å². The van der Waals surface area contributed by atoms with E-state index in [0.717, 1.165) is 69.0 Å². The van der Waals surface area contributed by atoms with Gasteiger partial charge in [-0.15, -0.1) is 0 Å². The fraction of sp³-hybridized carbons (Fsp3) is 0.857. The molecule has 30 heavy (non-hydrogen) atoms. The second-order valence-electron chi connectivity index (χ2n) is 8.04. The molecular weight excluding hydrogens is 396 g/mol. The van der Waals surface area contributed by atoms with Crippen molar-refractivity contribution in [2.45, 2.75) is 40.0 Å². The molecule has 2 fully saturated rings. The lowest BCUT2D eigenvalue weighted by Crippen LogP contribution is -2.52. The first-order valence-electron chi connectivity index (χ1n) is 11.8. The lowest BCUT2D eigenvalue weighted by atomic mass is 10.2. The van der Waals surface area contributed by atoms with Gasteiger partial charge in [0.25, 0.3) is 0 Å². The highest BCUT2D eigenvalue weighted by atomic mass is 32.1. The van der Waals surface area contributed by atoms with Crippen molar-refractivity contribution in [2.24, 2.45) is 4.99 Å². The molecule has 0 unspecified atom stereocenters. The number of aromatic nitrogens is 2. The van der Waals surface area contributed by atoms with Crippen LogP contribution in [0.1, 0.15) is 39.4 Å². The van der Waals surface area contributed by atoms with Crippen LogP contribution in [0, 0.1) is 0 Å². The molecule has 1 aromatic rings. The summed E-state index contributed by atoms with van der Waals surface area (Å²) in [5.74, 6) is 2.03. The van der Waals surface area contributed by atoms with Crippen molar-refractivity contribution in [3.63, 3.8) is 0 Å². The van der Waals surface area contributed by atoms with Gasteiger partial charge < -0.3 is 24.9 Å². The zero-order valence-corrected chi connectivity index (χ0v) is 20.0. The molecule has 0 amide bonds. The number of aryl methyl sites for hydroxylation is 1. The van der Waals surface area contributed by atoms with Crippen LogP contribution >= 0.6 is 11.5 Å². The molecule has 8 nitrogen and oxygen atoms in total. The van der Waals surface area contributed by atoms with Crippen molar-refractivity contribution in [3.8, 4) is 0 Å². The summed E-state index contributed by atoms with van der Waals surface area (Å²) in [6, 6.07) is 0. The summed E-state index contributed by atoms with van der Waals surface area (Å²) in [7, 11) is 0. The fourth-order valence-corrected chi connectivity index (χ4v) is 4.81. The van der Waals surface area contributed by atoms with E-state index < -0.39 is 0 Å². The number of nitrogens with zero attached hydrogens (tertiary/aromatic N) is 7. The van der Waals surface area contributed by atoms with Crippen molar-refractivity contribution in [1.82, 2.24) is 29.4 Å². The Morgan fingerprint density at radius 2 is 1.70 bits per heavy atom. The zero-order valence-electron chi connectivity index (χ0n) is 19.1. The van der Waals surface area contributed by atoms with Gasteiger partial charge in [-0.1, -0.05) is 13.8 Å². The minimum absolute atomic E-state index is 0.905. The highest BCUT2D eigenvalue weighted by Gasteiger charge is 2.22. The number of guanidine groups is 1. The van der Waals surface area contributed by atoms with Gasteiger partial charge in [-0.3, -0.25) is 4.99 Å². The predicted octanol–water partition coefficient (Wildman–Crippen LogP) is 1.61. The smallest absolute Gasteiger partial charge is 0.205 e. The largest absolute Gasteiger partial charge is 0.357 e. The normalized spacial score (nSPS) is 19.5. The van der Waals surface area contributed by atoms with E-state index in [0.29, 0.717) is 0 Å². The summed E-state index contributed by atoms with van der Waals surface area (Å²) in [4.78, 5) is 19.5. The van der Waals surface area contributed by atoms with Crippen molar-refractivity contribution < 1.29 is 0 Å². The van der Waals surface area contributed by atoms with E-state index in [-0.39, 0.29) is 0 Å². The highest BCUT2D eigenvalue weighted by molar-refractivity contribution is 7.09. The van der Waals surface area contributed by atoms with Gasteiger partial charge >= 0.3 is 0 Å². The molecule has 170 valence electrons. The Balaban J connectivity index is 1.38. The van der Waals surface area contributed by atoms with Gasteiger partial charge in [-0.25, -0.2) is 4.98 Å². The molecule has 1 aromatic heterocycles. The van der Waals surface area contributed by atoms with E-state index in [1.54, 1.807) is 0 Å². The van der Waals surface area contributed by atoms with Crippen molar-refractivity contribution in [3.05, 3.63) is 5.82 Å². The fourth-order valence-electron chi connectivity index (χ4n) is 4.01. The Hall–Kier alpha value is -1.45. The molecule has 2 saturated heterocycles. The molecule has 1 N–H and O–H groups in total. The molecule has 2 aliphatic rings. The maximum atomic E-state index is 4.92. The Labute approximate surface area is 186 Å². The maximum absolute atomic E-state index is 4.92. The molecule has 0 saturated carbocycles. The summed E-state index contributed by atoms with van der Waals surface area (Å²) in [6.45, 7) is 19.5. The zero-order chi connectivity index (χ0) is 21.2. The molecule has 0 radical (unpaired) electrons. The summed E-state index contributed by atoms with van der Waals surface area (Å²) < 4.78 is 4.43. The van der Waals surface area contributed by atoms with E-state index in [9.17, 15) is 0 Å². The average molecular weight is 437 g/mol. The number of rotatable bonds is 9. The number of likely N-dealkylation sites (N-methyl/N-ethyl adjacent to an activating group) is 1. The SMILES string of the molecule is CCNC(=NCCCCN1CCN(CC)CC1)N1CCN(c2nc(CC)ns2)CC1.